The summed E-state index contributed by atoms with van der Waals surface area (Å²) in [6, 6.07) is 14.0. The monoisotopic (exact) mass is 362 g/mol. The Morgan fingerprint density at radius 3 is 2.63 bits per heavy atom. The highest BCUT2D eigenvalue weighted by atomic mass is 16.4. The molecule has 0 aliphatic heterocycles. The van der Waals surface area contributed by atoms with Gasteiger partial charge in [-0.05, 0) is 43.2 Å². The molecule has 0 spiro atoms. The van der Waals surface area contributed by atoms with Gasteiger partial charge < -0.3 is 5.11 Å². The zero-order valence-corrected chi connectivity index (χ0v) is 14.9. The smallest absolute Gasteiger partial charge is 0.336 e. The minimum Gasteiger partial charge on any atom is -0.478 e. The van der Waals surface area contributed by atoms with Crippen LogP contribution < -0.4 is 5.43 Å². The molecule has 0 unspecified atom stereocenters. The fraction of sp³-hybridized carbons (Fsp3) is 0.100. The van der Waals surface area contributed by atoms with Crippen LogP contribution in [0.4, 0.5) is 0 Å². The quantitative estimate of drug-likeness (QED) is 0.478. The lowest BCUT2D eigenvalue weighted by Gasteiger charge is -2.01. The first kappa shape index (κ1) is 18.1. The number of carbonyl (C=O) groups is 2. The molecule has 3 rings (SSSR count). The number of carbonyl (C=O) groups excluding carboxylic acids is 1. The van der Waals surface area contributed by atoms with Crippen molar-refractivity contribution in [1.29, 1.82) is 0 Å². The first-order chi connectivity index (χ1) is 13.0. The van der Waals surface area contributed by atoms with E-state index in [4.69, 9.17) is 5.11 Å². The van der Waals surface area contributed by atoms with E-state index in [0.717, 1.165) is 11.1 Å². The van der Waals surface area contributed by atoms with Crippen LogP contribution in [0.3, 0.4) is 0 Å². The summed E-state index contributed by atoms with van der Waals surface area (Å²) in [5.41, 5.74) is 7.01. The molecule has 0 aliphatic rings. The highest BCUT2D eigenvalue weighted by Crippen LogP contribution is 2.20. The number of hydrogen-bond acceptors (Lipinski definition) is 4. The molecular formula is C20H18N4O3. The number of nitrogens with zero attached hydrogens (tertiary/aromatic N) is 2. The topological polar surface area (TPSA) is 107 Å². The van der Waals surface area contributed by atoms with Gasteiger partial charge in [0.25, 0.3) is 5.91 Å². The van der Waals surface area contributed by atoms with E-state index in [-0.39, 0.29) is 11.3 Å². The van der Waals surface area contributed by atoms with Gasteiger partial charge in [-0.3, -0.25) is 9.89 Å². The maximum atomic E-state index is 12.2. The second-order valence-electron chi connectivity index (χ2n) is 6.06. The molecule has 0 aliphatic carbocycles. The van der Waals surface area contributed by atoms with E-state index < -0.39 is 11.9 Å². The molecule has 0 fully saturated rings. The number of benzene rings is 2. The Balaban J connectivity index is 1.71. The van der Waals surface area contributed by atoms with E-state index in [1.807, 2.05) is 32.0 Å². The highest BCUT2D eigenvalue weighted by Gasteiger charge is 2.11. The number of amides is 1. The number of aromatic amines is 1. The van der Waals surface area contributed by atoms with Crippen molar-refractivity contribution in [3.8, 4) is 11.3 Å². The van der Waals surface area contributed by atoms with Gasteiger partial charge in [-0.1, -0.05) is 30.3 Å². The second-order valence-corrected chi connectivity index (χ2v) is 6.06. The molecule has 1 amide bonds. The molecular weight excluding hydrogens is 344 g/mol. The summed E-state index contributed by atoms with van der Waals surface area (Å²) in [5, 5.41) is 19.8. The Morgan fingerprint density at radius 1 is 1.11 bits per heavy atom. The maximum Gasteiger partial charge on any atom is 0.336 e. The summed E-state index contributed by atoms with van der Waals surface area (Å²) in [6.45, 7) is 4.05. The van der Waals surface area contributed by atoms with Crippen LogP contribution in [0.15, 0.2) is 53.6 Å². The SMILES string of the molecule is Cc1ccc(-c2cc(C(=O)N/N=C/c3ccccc3C(=O)O)[nH]n2)cc1C. The molecule has 136 valence electrons. The van der Waals surface area contributed by atoms with Crippen LogP contribution in [-0.4, -0.2) is 33.4 Å². The van der Waals surface area contributed by atoms with Gasteiger partial charge in [0.2, 0.25) is 0 Å². The van der Waals surface area contributed by atoms with Crippen LogP contribution >= 0.6 is 0 Å². The first-order valence-corrected chi connectivity index (χ1v) is 8.24. The molecule has 1 aromatic heterocycles. The third-order valence-electron chi connectivity index (χ3n) is 4.19. The van der Waals surface area contributed by atoms with Gasteiger partial charge in [0.1, 0.15) is 5.69 Å². The summed E-state index contributed by atoms with van der Waals surface area (Å²) in [6.07, 6.45) is 1.29. The molecule has 27 heavy (non-hydrogen) atoms. The number of carboxylic acids is 1. The number of aromatic nitrogens is 2. The summed E-state index contributed by atoms with van der Waals surface area (Å²) in [4.78, 5) is 23.4. The van der Waals surface area contributed by atoms with Crippen molar-refractivity contribution in [2.45, 2.75) is 13.8 Å². The van der Waals surface area contributed by atoms with Crippen LogP contribution in [0, 0.1) is 13.8 Å². The average molecular weight is 362 g/mol. The van der Waals surface area contributed by atoms with E-state index >= 15 is 0 Å². The maximum absolute atomic E-state index is 12.2. The molecule has 3 N–H and O–H groups in total. The van der Waals surface area contributed by atoms with E-state index in [1.54, 1.807) is 24.3 Å². The van der Waals surface area contributed by atoms with Crippen LogP contribution in [0.1, 0.15) is 37.5 Å². The van der Waals surface area contributed by atoms with Gasteiger partial charge in [0.05, 0.1) is 17.5 Å². The Morgan fingerprint density at radius 2 is 1.89 bits per heavy atom. The average Bonchev–Trinajstić information content (AvgIpc) is 3.14. The largest absolute Gasteiger partial charge is 0.478 e. The lowest BCUT2D eigenvalue weighted by Crippen LogP contribution is -2.18. The molecule has 3 aromatic rings. The van der Waals surface area contributed by atoms with Crippen molar-refractivity contribution in [3.63, 3.8) is 0 Å². The molecule has 0 saturated heterocycles. The second kappa shape index (κ2) is 7.65. The normalized spacial score (nSPS) is 10.9. The van der Waals surface area contributed by atoms with Crippen molar-refractivity contribution in [2.75, 3.05) is 0 Å². The van der Waals surface area contributed by atoms with Crippen LogP contribution in [0.2, 0.25) is 0 Å². The summed E-state index contributed by atoms with van der Waals surface area (Å²) in [5.74, 6) is -1.53. The van der Waals surface area contributed by atoms with Crippen molar-refractivity contribution in [1.82, 2.24) is 15.6 Å². The molecule has 7 heteroatoms. The predicted molar refractivity (Wildman–Crippen MR) is 102 cm³/mol. The number of rotatable bonds is 5. The van der Waals surface area contributed by atoms with E-state index in [9.17, 15) is 9.59 Å². The van der Waals surface area contributed by atoms with Crippen molar-refractivity contribution >= 4 is 18.1 Å². The van der Waals surface area contributed by atoms with Crippen LogP contribution in [0.25, 0.3) is 11.3 Å². The number of hydrazone groups is 1. The zero-order valence-electron chi connectivity index (χ0n) is 14.9. The minimum absolute atomic E-state index is 0.106. The Bertz CT molecular complexity index is 1040. The number of aromatic carboxylic acids is 1. The van der Waals surface area contributed by atoms with Crippen LogP contribution in [0.5, 0.6) is 0 Å². The van der Waals surface area contributed by atoms with E-state index in [0.29, 0.717) is 11.3 Å². The lowest BCUT2D eigenvalue weighted by molar-refractivity contribution is 0.0696. The number of nitrogens with one attached hydrogen (secondary N) is 2. The summed E-state index contributed by atoms with van der Waals surface area (Å²) >= 11 is 0. The Labute approximate surface area is 155 Å². The third-order valence-corrected chi connectivity index (χ3v) is 4.19. The van der Waals surface area contributed by atoms with Crippen LogP contribution in [-0.2, 0) is 0 Å². The highest BCUT2D eigenvalue weighted by molar-refractivity contribution is 5.99. The molecule has 0 atom stereocenters. The standard InChI is InChI=1S/C20H18N4O3/c1-12-7-8-14(9-13(12)2)17-10-18(23-22-17)19(25)24-21-11-15-5-3-4-6-16(15)20(26)27/h3-11H,1-2H3,(H,22,23)(H,24,25)(H,26,27)/b21-11+. The number of carboxylic acid groups (broad SMARTS) is 1. The number of aryl methyl sites for hydroxylation is 2. The molecule has 0 saturated carbocycles. The van der Waals surface area contributed by atoms with Gasteiger partial charge in [0, 0.05) is 11.1 Å². The van der Waals surface area contributed by atoms with E-state index in [2.05, 4.69) is 20.7 Å². The fourth-order valence-electron chi connectivity index (χ4n) is 2.51. The van der Waals surface area contributed by atoms with E-state index in [1.165, 1.54) is 17.8 Å². The molecule has 2 aromatic carbocycles. The Hall–Kier alpha value is -3.74. The van der Waals surface area contributed by atoms with Gasteiger partial charge in [-0.15, -0.1) is 0 Å². The molecule has 0 radical (unpaired) electrons. The third kappa shape index (κ3) is 4.09. The molecule has 7 nitrogen and oxygen atoms in total. The fourth-order valence-corrected chi connectivity index (χ4v) is 2.51. The summed E-state index contributed by atoms with van der Waals surface area (Å²) < 4.78 is 0. The number of H-pyrrole nitrogens is 1. The van der Waals surface area contributed by atoms with Gasteiger partial charge >= 0.3 is 5.97 Å². The zero-order chi connectivity index (χ0) is 19.4. The van der Waals surface area contributed by atoms with Crippen molar-refractivity contribution in [3.05, 3.63) is 76.5 Å². The van der Waals surface area contributed by atoms with Crippen molar-refractivity contribution in [2.24, 2.45) is 5.10 Å². The predicted octanol–water partition coefficient (Wildman–Crippen LogP) is 3.16. The molecule has 1 heterocycles. The van der Waals surface area contributed by atoms with Gasteiger partial charge in [-0.25, -0.2) is 10.2 Å². The Kier molecular flexibility index (Phi) is 5.12. The number of hydrogen-bond donors (Lipinski definition) is 3. The first-order valence-electron chi connectivity index (χ1n) is 8.24. The van der Waals surface area contributed by atoms with Gasteiger partial charge in [-0.2, -0.15) is 10.2 Å². The van der Waals surface area contributed by atoms with Crippen molar-refractivity contribution < 1.29 is 14.7 Å². The van der Waals surface area contributed by atoms with Gasteiger partial charge in [0.15, 0.2) is 0 Å². The minimum atomic E-state index is -1.06. The molecule has 0 bridgehead atoms. The summed E-state index contributed by atoms with van der Waals surface area (Å²) in [7, 11) is 0. The lowest BCUT2D eigenvalue weighted by atomic mass is 10.0.